The zero-order chi connectivity index (χ0) is 24.0. The molecule has 0 saturated carbocycles. The van der Waals surface area contributed by atoms with E-state index in [4.69, 9.17) is 9.47 Å². The molecule has 0 aromatic heterocycles. The molecule has 5 heteroatoms. The summed E-state index contributed by atoms with van der Waals surface area (Å²) in [4.78, 5) is 12.7. The van der Waals surface area contributed by atoms with Gasteiger partial charge in [-0.25, -0.2) is 5.43 Å². The second-order valence-corrected chi connectivity index (χ2v) is 8.14. The van der Waals surface area contributed by atoms with Gasteiger partial charge in [-0.1, -0.05) is 60.7 Å². The van der Waals surface area contributed by atoms with Crippen LogP contribution in [-0.2, 0) is 6.61 Å². The number of fused-ring (bicyclic) bond motifs is 2. The molecular weight excluding hydrogens is 436 g/mol. The van der Waals surface area contributed by atoms with Crippen LogP contribution in [0.3, 0.4) is 0 Å². The number of carbonyl (C=O) groups is 1. The first-order valence-corrected chi connectivity index (χ1v) is 11.3. The fourth-order valence-corrected chi connectivity index (χ4v) is 3.94. The van der Waals surface area contributed by atoms with Crippen molar-refractivity contribution >= 4 is 33.7 Å². The van der Waals surface area contributed by atoms with Crippen LogP contribution in [0.5, 0.6) is 11.5 Å². The minimum absolute atomic E-state index is 0.334. The SMILES string of the molecule is COc1cc2ccccc2cc1C(=O)N/N=C\c1ccc(OCc2ccc3ccccc3c2)cc1. The maximum atomic E-state index is 12.7. The Balaban J connectivity index is 1.20. The Morgan fingerprint density at radius 2 is 1.46 bits per heavy atom. The van der Waals surface area contributed by atoms with E-state index in [1.54, 1.807) is 19.4 Å². The van der Waals surface area contributed by atoms with E-state index in [9.17, 15) is 4.79 Å². The van der Waals surface area contributed by atoms with Crippen LogP contribution in [0.2, 0.25) is 0 Å². The summed E-state index contributed by atoms with van der Waals surface area (Å²) in [6.45, 7) is 0.488. The van der Waals surface area contributed by atoms with Gasteiger partial charge in [0.2, 0.25) is 0 Å². The Hall–Kier alpha value is -4.64. The van der Waals surface area contributed by atoms with Crippen molar-refractivity contribution in [3.05, 3.63) is 120 Å². The Bertz CT molecular complexity index is 1520. The van der Waals surface area contributed by atoms with E-state index < -0.39 is 0 Å². The van der Waals surface area contributed by atoms with Gasteiger partial charge in [0.1, 0.15) is 18.1 Å². The molecule has 1 amide bonds. The topological polar surface area (TPSA) is 59.9 Å². The highest BCUT2D eigenvalue weighted by Crippen LogP contribution is 2.26. The van der Waals surface area contributed by atoms with Crippen LogP contribution in [0.25, 0.3) is 21.5 Å². The molecule has 5 nitrogen and oxygen atoms in total. The van der Waals surface area contributed by atoms with Gasteiger partial charge >= 0.3 is 0 Å². The Morgan fingerprint density at radius 3 is 2.17 bits per heavy atom. The van der Waals surface area contributed by atoms with Crippen molar-refractivity contribution in [1.29, 1.82) is 0 Å². The van der Waals surface area contributed by atoms with Crippen LogP contribution < -0.4 is 14.9 Å². The van der Waals surface area contributed by atoms with Crippen LogP contribution in [0.4, 0.5) is 0 Å². The number of hydrogen-bond acceptors (Lipinski definition) is 4. The van der Waals surface area contributed by atoms with Crippen LogP contribution >= 0.6 is 0 Å². The Morgan fingerprint density at radius 1 is 0.800 bits per heavy atom. The highest BCUT2D eigenvalue weighted by molar-refractivity contribution is 6.02. The minimum Gasteiger partial charge on any atom is -0.496 e. The third-order valence-electron chi connectivity index (χ3n) is 5.79. The van der Waals surface area contributed by atoms with Gasteiger partial charge in [0.05, 0.1) is 18.9 Å². The van der Waals surface area contributed by atoms with E-state index >= 15 is 0 Å². The largest absolute Gasteiger partial charge is 0.496 e. The van der Waals surface area contributed by atoms with Crippen molar-refractivity contribution in [2.45, 2.75) is 6.61 Å². The molecule has 5 aromatic rings. The highest BCUT2D eigenvalue weighted by atomic mass is 16.5. The van der Waals surface area contributed by atoms with Crippen LogP contribution in [0.15, 0.2) is 108 Å². The third-order valence-corrected chi connectivity index (χ3v) is 5.79. The predicted molar refractivity (Wildman–Crippen MR) is 140 cm³/mol. The summed E-state index contributed by atoms with van der Waals surface area (Å²) < 4.78 is 11.3. The molecule has 5 rings (SSSR count). The van der Waals surface area contributed by atoms with Crippen LogP contribution in [-0.4, -0.2) is 19.2 Å². The van der Waals surface area contributed by atoms with Gasteiger partial charge < -0.3 is 9.47 Å². The van der Waals surface area contributed by atoms with Gasteiger partial charge in [-0.2, -0.15) is 5.10 Å². The first-order chi connectivity index (χ1) is 17.2. The standard InChI is InChI=1S/C30H24N2O3/c1-34-29-18-26-9-5-4-8-25(26)17-28(29)30(33)32-31-19-21-11-14-27(15-12-21)35-20-22-10-13-23-6-2-3-7-24(23)16-22/h2-19H,20H2,1H3,(H,32,33)/b31-19-. The second kappa shape index (κ2) is 10.1. The fourth-order valence-electron chi connectivity index (χ4n) is 3.94. The normalized spacial score (nSPS) is 11.1. The van der Waals surface area contributed by atoms with Crippen molar-refractivity contribution in [3.63, 3.8) is 0 Å². The Labute approximate surface area is 203 Å². The van der Waals surface area contributed by atoms with Gasteiger partial charge in [0, 0.05) is 0 Å². The molecule has 1 N–H and O–H groups in total. The molecule has 0 atom stereocenters. The molecule has 0 aliphatic rings. The summed E-state index contributed by atoms with van der Waals surface area (Å²) in [6, 6.07) is 33.6. The van der Waals surface area contributed by atoms with Crippen molar-refractivity contribution in [2.75, 3.05) is 7.11 Å². The van der Waals surface area contributed by atoms with E-state index in [-0.39, 0.29) is 5.91 Å². The minimum atomic E-state index is -0.334. The molecule has 0 aliphatic carbocycles. The number of nitrogens with one attached hydrogen (secondary N) is 1. The van der Waals surface area contributed by atoms with Gasteiger partial charge in [-0.05, 0) is 75.1 Å². The molecule has 0 fully saturated rings. The number of hydrazone groups is 1. The summed E-state index contributed by atoms with van der Waals surface area (Å²) in [7, 11) is 1.55. The predicted octanol–water partition coefficient (Wildman–Crippen LogP) is 6.34. The number of benzene rings is 5. The first-order valence-electron chi connectivity index (χ1n) is 11.3. The van der Waals surface area contributed by atoms with Gasteiger partial charge in [-0.3, -0.25) is 4.79 Å². The smallest absolute Gasteiger partial charge is 0.275 e. The molecule has 0 unspecified atom stereocenters. The molecule has 0 spiro atoms. The summed E-state index contributed by atoms with van der Waals surface area (Å²) in [5.41, 5.74) is 4.97. The van der Waals surface area contributed by atoms with Gasteiger partial charge in [-0.15, -0.1) is 0 Å². The quantitative estimate of drug-likeness (QED) is 0.228. The van der Waals surface area contributed by atoms with Gasteiger partial charge in [0.25, 0.3) is 5.91 Å². The molecule has 0 saturated heterocycles. The van der Waals surface area contributed by atoms with Gasteiger partial charge in [0.15, 0.2) is 0 Å². The zero-order valence-corrected chi connectivity index (χ0v) is 19.3. The maximum Gasteiger partial charge on any atom is 0.275 e. The number of amides is 1. The molecule has 0 bridgehead atoms. The average Bonchev–Trinajstić information content (AvgIpc) is 2.91. The number of nitrogens with zero attached hydrogens (tertiary/aromatic N) is 1. The number of rotatable bonds is 7. The van der Waals surface area contributed by atoms with E-state index in [1.165, 1.54) is 10.8 Å². The number of ether oxygens (including phenoxy) is 2. The fraction of sp³-hybridized carbons (Fsp3) is 0.0667. The highest BCUT2D eigenvalue weighted by Gasteiger charge is 2.13. The van der Waals surface area contributed by atoms with Crippen LogP contribution in [0, 0.1) is 0 Å². The summed E-state index contributed by atoms with van der Waals surface area (Å²) >= 11 is 0. The van der Waals surface area contributed by atoms with Crippen LogP contribution in [0.1, 0.15) is 21.5 Å². The number of carbonyl (C=O) groups excluding carboxylic acids is 1. The Kier molecular flexibility index (Phi) is 6.39. The lowest BCUT2D eigenvalue weighted by molar-refractivity contribution is 0.0952. The lowest BCUT2D eigenvalue weighted by Gasteiger charge is -2.09. The maximum absolute atomic E-state index is 12.7. The molecule has 0 aliphatic heterocycles. The van der Waals surface area contributed by atoms with Crippen molar-refractivity contribution in [1.82, 2.24) is 5.43 Å². The summed E-state index contributed by atoms with van der Waals surface area (Å²) in [5, 5.41) is 8.48. The van der Waals surface area contributed by atoms with E-state index in [2.05, 4.69) is 40.9 Å². The lowest BCUT2D eigenvalue weighted by atomic mass is 10.1. The van der Waals surface area contributed by atoms with Crippen molar-refractivity contribution in [3.8, 4) is 11.5 Å². The molecule has 172 valence electrons. The molecule has 0 radical (unpaired) electrons. The number of methoxy groups -OCH3 is 1. The second-order valence-electron chi connectivity index (χ2n) is 8.14. The average molecular weight is 461 g/mol. The third kappa shape index (κ3) is 5.14. The summed E-state index contributed by atoms with van der Waals surface area (Å²) in [6.07, 6.45) is 1.60. The van der Waals surface area contributed by atoms with E-state index in [0.717, 1.165) is 27.6 Å². The summed E-state index contributed by atoms with van der Waals surface area (Å²) in [5.74, 6) is 0.934. The molecule has 5 aromatic carbocycles. The zero-order valence-electron chi connectivity index (χ0n) is 19.3. The van der Waals surface area contributed by atoms with Crippen molar-refractivity contribution in [2.24, 2.45) is 5.10 Å². The monoisotopic (exact) mass is 460 g/mol. The lowest BCUT2D eigenvalue weighted by Crippen LogP contribution is -2.18. The number of hydrogen-bond donors (Lipinski definition) is 1. The molecule has 0 heterocycles. The first kappa shape index (κ1) is 22.2. The van der Waals surface area contributed by atoms with E-state index in [0.29, 0.717) is 17.9 Å². The molecule has 35 heavy (non-hydrogen) atoms. The van der Waals surface area contributed by atoms with E-state index in [1.807, 2.05) is 66.7 Å². The van der Waals surface area contributed by atoms with Crippen molar-refractivity contribution < 1.29 is 14.3 Å². The molecular formula is C30H24N2O3.